The van der Waals surface area contributed by atoms with Crippen LogP contribution in [0.5, 0.6) is 0 Å². The van der Waals surface area contributed by atoms with E-state index in [0.717, 1.165) is 23.8 Å². The Morgan fingerprint density at radius 2 is 2.47 bits per heavy atom. The summed E-state index contributed by atoms with van der Waals surface area (Å²) >= 11 is 7.46. The Hall–Kier alpha value is -0.0900. The van der Waals surface area contributed by atoms with Gasteiger partial charge in [0.15, 0.2) is 0 Å². The summed E-state index contributed by atoms with van der Waals surface area (Å²) in [4.78, 5) is 1.20. The van der Waals surface area contributed by atoms with Crippen LogP contribution in [0.25, 0.3) is 0 Å². The van der Waals surface area contributed by atoms with Crippen LogP contribution in [0, 0.1) is 0 Å². The number of rotatable bonds is 3. The summed E-state index contributed by atoms with van der Waals surface area (Å²) in [5.41, 5.74) is -0.00524. The summed E-state index contributed by atoms with van der Waals surface area (Å²) in [6, 6.07) is 3.96. The molecule has 15 heavy (non-hydrogen) atoms. The zero-order valence-electron chi connectivity index (χ0n) is 8.88. The molecule has 1 saturated heterocycles. The fraction of sp³-hybridized carbons (Fsp3) is 0.636. The first-order valence-electron chi connectivity index (χ1n) is 5.27. The maximum Gasteiger partial charge on any atom is 0.0932 e. The third-order valence-corrected chi connectivity index (χ3v) is 3.95. The molecule has 2 heterocycles. The van der Waals surface area contributed by atoms with Crippen LogP contribution in [-0.2, 0) is 11.3 Å². The molecule has 2 rings (SSSR count). The lowest BCUT2D eigenvalue weighted by Gasteiger charge is -2.34. The summed E-state index contributed by atoms with van der Waals surface area (Å²) in [6.07, 6.45) is 2.33. The van der Waals surface area contributed by atoms with Crippen molar-refractivity contribution in [2.45, 2.75) is 32.0 Å². The molecule has 0 spiro atoms. The van der Waals surface area contributed by atoms with Crippen molar-refractivity contribution in [3.05, 3.63) is 21.3 Å². The predicted molar refractivity (Wildman–Crippen MR) is 64.6 cm³/mol. The fourth-order valence-corrected chi connectivity index (χ4v) is 2.83. The first kappa shape index (κ1) is 11.4. The van der Waals surface area contributed by atoms with Gasteiger partial charge in [0.1, 0.15) is 0 Å². The molecule has 84 valence electrons. The number of hydrogen-bond acceptors (Lipinski definition) is 3. The molecule has 1 aliphatic rings. The minimum absolute atomic E-state index is 0.00524. The monoisotopic (exact) mass is 245 g/mol. The third kappa shape index (κ3) is 3.18. The van der Waals surface area contributed by atoms with Gasteiger partial charge in [0, 0.05) is 11.4 Å². The summed E-state index contributed by atoms with van der Waals surface area (Å²) in [7, 11) is 0. The maximum absolute atomic E-state index is 5.96. The Balaban J connectivity index is 1.86. The highest BCUT2D eigenvalue weighted by Gasteiger charge is 2.27. The van der Waals surface area contributed by atoms with E-state index in [4.69, 9.17) is 16.3 Å². The molecule has 0 aliphatic carbocycles. The molecule has 1 N–H and O–H groups in total. The normalized spacial score (nSPS) is 26.8. The van der Waals surface area contributed by atoms with Crippen molar-refractivity contribution in [2.24, 2.45) is 0 Å². The molecule has 0 radical (unpaired) electrons. The molecule has 1 fully saturated rings. The Kier molecular flexibility index (Phi) is 3.67. The zero-order valence-corrected chi connectivity index (χ0v) is 10.5. The lowest BCUT2D eigenvalue weighted by molar-refractivity contribution is -0.0561. The highest BCUT2D eigenvalue weighted by Crippen LogP contribution is 2.26. The van der Waals surface area contributed by atoms with Crippen molar-refractivity contribution in [3.63, 3.8) is 0 Å². The van der Waals surface area contributed by atoms with Gasteiger partial charge in [-0.15, -0.1) is 11.3 Å². The molecular weight excluding hydrogens is 230 g/mol. The van der Waals surface area contributed by atoms with Gasteiger partial charge in [0.2, 0.25) is 0 Å². The molecule has 1 unspecified atom stereocenters. The van der Waals surface area contributed by atoms with Crippen LogP contribution in [0.1, 0.15) is 24.6 Å². The number of nitrogens with one attached hydrogen (secondary N) is 1. The van der Waals surface area contributed by atoms with Crippen LogP contribution in [-0.4, -0.2) is 18.7 Å². The summed E-state index contributed by atoms with van der Waals surface area (Å²) in [6.45, 7) is 4.92. The Morgan fingerprint density at radius 3 is 3.07 bits per heavy atom. The molecule has 2 nitrogen and oxygen atoms in total. The van der Waals surface area contributed by atoms with Gasteiger partial charge >= 0.3 is 0 Å². The van der Waals surface area contributed by atoms with Gasteiger partial charge in [0.05, 0.1) is 16.5 Å². The highest BCUT2D eigenvalue weighted by molar-refractivity contribution is 7.16. The number of halogens is 1. The predicted octanol–water partition coefficient (Wildman–Crippen LogP) is 3.06. The molecule has 1 atom stereocenters. The van der Waals surface area contributed by atoms with Crippen LogP contribution in [0.4, 0.5) is 0 Å². The van der Waals surface area contributed by atoms with Crippen molar-refractivity contribution in [1.29, 1.82) is 0 Å². The van der Waals surface area contributed by atoms with E-state index in [9.17, 15) is 0 Å². The fourth-order valence-electron chi connectivity index (χ4n) is 1.83. The number of thiophene rings is 1. The van der Waals surface area contributed by atoms with E-state index >= 15 is 0 Å². The van der Waals surface area contributed by atoms with Crippen LogP contribution < -0.4 is 5.32 Å². The second-order valence-electron chi connectivity index (χ2n) is 4.22. The SMILES string of the molecule is CC1(OCc2ccc(Cl)s2)CCCNC1. The van der Waals surface area contributed by atoms with Gasteiger partial charge in [-0.05, 0) is 38.4 Å². The lowest BCUT2D eigenvalue weighted by Crippen LogP contribution is -2.45. The molecule has 1 aliphatic heterocycles. The van der Waals surface area contributed by atoms with Gasteiger partial charge < -0.3 is 10.1 Å². The van der Waals surface area contributed by atoms with Gasteiger partial charge in [-0.1, -0.05) is 11.6 Å². The van der Waals surface area contributed by atoms with E-state index in [2.05, 4.69) is 12.2 Å². The molecule has 0 amide bonds. The molecule has 4 heteroatoms. The van der Waals surface area contributed by atoms with Crippen molar-refractivity contribution in [3.8, 4) is 0 Å². The summed E-state index contributed by atoms with van der Waals surface area (Å²) in [5.74, 6) is 0. The van der Waals surface area contributed by atoms with Crippen molar-refractivity contribution >= 4 is 22.9 Å². The van der Waals surface area contributed by atoms with Gasteiger partial charge in [-0.2, -0.15) is 0 Å². The molecule has 1 aromatic heterocycles. The average Bonchev–Trinajstić information content (AvgIpc) is 2.63. The molecule has 1 aromatic rings. The standard InChI is InChI=1S/C11H16ClNOS/c1-11(5-2-6-13-8-11)14-7-9-3-4-10(12)15-9/h3-4,13H,2,5-8H2,1H3. The minimum atomic E-state index is -0.00524. The van der Waals surface area contributed by atoms with Gasteiger partial charge in [-0.3, -0.25) is 0 Å². The minimum Gasteiger partial charge on any atom is -0.368 e. The number of ether oxygens (including phenoxy) is 1. The second kappa shape index (κ2) is 4.83. The quantitative estimate of drug-likeness (QED) is 0.884. The van der Waals surface area contributed by atoms with Crippen LogP contribution >= 0.6 is 22.9 Å². The molecule has 0 aromatic carbocycles. The molecular formula is C11H16ClNOS. The topological polar surface area (TPSA) is 21.3 Å². The van der Waals surface area contributed by atoms with Gasteiger partial charge in [0.25, 0.3) is 0 Å². The first-order chi connectivity index (χ1) is 7.18. The smallest absolute Gasteiger partial charge is 0.0932 e. The van der Waals surface area contributed by atoms with Crippen molar-refractivity contribution < 1.29 is 4.74 Å². The highest BCUT2D eigenvalue weighted by atomic mass is 35.5. The van der Waals surface area contributed by atoms with Crippen LogP contribution in [0.15, 0.2) is 12.1 Å². The van der Waals surface area contributed by atoms with E-state index in [-0.39, 0.29) is 5.60 Å². The number of piperidine rings is 1. The molecule has 0 bridgehead atoms. The van der Waals surface area contributed by atoms with Crippen LogP contribution in [0.2, 0.25) is 4.34 Å². The largest absolute Gasteiger partial charge is 0.368 e. The van der Waals surface area contributed by atoms with E-state index < -0.39 is 0 Å². The average molecular weight is 246 g/mol. The first-order valence-corrected chi connectivity index (χ1v) is 6.46. The molecule has 0 saturated carbocycles. The third-order valence-electron chi connectivity index (χ3n) is 2.75. The van der Waals surface area contributed by atoms with Crippen molar-refractivity contribution in [2.75, 3.05) is 13.1 Å². The Morgan fingerprint density at radius 1 is 1.60 bits per heavy atom. The number of hydrogen-bond donors (Lipinski definition) is 1. The van der Waals surface area contributed by atoms with Crippen LogP contribution in [0.3, 0.4) is 0 Å². The summed E-state index contributed by atoms with van der Waals surface area (Å²) < 4.78 is 6.79. The summed E-state index contributed by atoms with van der Waals surface area (Å²) in [5, 5.41) is 3.37. The van der Waals surface area contributed by atoms with E-state index in [1.165, 1.54) is 11.3 Å². The Bertz CT molecular complexity index is 320. The van der Waals surface area contributed by atoms with E-state index in [1.54, 1.807) is 11.3 Å². The second-order valence-corrected chi connectivity index (χ2v) is 6.02. The van der Waals surface area contributed by atoms with Gasteiger partial charge in [-0.25, -0.2) is 0 Å². The van der Waals surface area contributed by atoms with E-state index in [0.29, 0.717) is 6.61 Å². The Labute approximate surface area is 99.6 Å². The zero-order chi connectivity index (χ0) is 10.7. The maximum atomic E-state index is 5.96. The van der Waals surface area contributed by atoms with Crippen molar-refractivity contribution in [1.82, 2.24) is 5.32 Å². The lowest BCUT2D eigenvalue weighted by atomic mass is 9.96. The van der Waals surface area contributed by atoms with E-state index in [1.807, 2.05) is 12.1 Å².